The summed E-state index contributed by atoms with van der Waals surface area (Å²) in [7, 11) is 5.92. The number of ether oxygens (including phenoxy) is 4. The van der Waals surface area contributed by atoms with E-state index in [0.717, 1.165) is 7.11 Å². The first kappa shape index (κ1) is 31.8. The average Bonchev–Trinajstić information content (AvgIpc) is 2.98. The first-order valence-electron chi connectivity index (χ1n) is 14.2. The van der Waals surface area contributed by atoms with Crippen molar-refractivity contribution in [1.82, 2.24) is 4.90 Å². The number of likely N-dealkylation sites (N-methyl/N-ethyl adjacent to an activating group) is 1. The number of benzene rings is 2. The van der Waals surface area contributed by atoms with Crippen LogP contribution in [0.4, 0.5) is 0 Å². The van der Waals surface area contributed by atoms with Crippen LogP contribution in [0, 0.1) is 0 Å². The summed E-state index contributed by atoms with van der Waals surface area (Å²) >= 11 is 0. The van der Waals surface area contributed by atoms with Crippen LogP contribution in [0.1, 0.15) is 88.1 Å². The lowest BCUT2D eigenvalue weighted by Gasteiger charge is -2.49. The van der Waals surface area contributed by atoms with E-state index >= 15 is 0 Å². The Balaban J connectivity index is 1.72. The fourth-order valence-electron chi connectivity index (χ4n) is 6.93. The molecule has 238 valence electrons. The number of carbonyl (C=O) groups excluding carboxylic acids is 3. The van der Waals surface area contributed by atoms with Gasteiger partial charge in [-0.15, -0.1) is 0 Å². The highest BCUT2D eigenvalue weighted by Gasteiger charge is 2.56. The Bertz CT molecular complexity index is 1540. The molecule has 0 amide bonds. The van der Waals surface area contributed by atoms with Crippen LogP contribution in [-0.4, -0.2) is 106 Å². The van der Waals surface area contributed by atoms with Gasteiger partial charge in [-0.3, -0.25) is 14.4 Å². The van der Waals surface area contributed by atoms with Crippen LogP contribution in [-0.2, 0) is 23.7 Å². The summed E-state index contributed by atoms with van der Waals surface area (Å²) in [4.78, 5) is 42.3. The number of ketones is 2. The molecule has 44 heavy (non-hydrogen) atoms. The maximum atomic E-state index is 13.7. The Morgan fingerprint density at radius 2 is 1.66 bits per heavy atom. The highest BCUT2D eigenvalue weighted by atomic mass is 16.7. The van der Waals surface area contributed by atoms with E-state index in [9.17, 15) is 39.9 Å². The second-order valence-electron chi connectivity index (χ2n) is 11.8. The van der Waals surface area contributed by atoms with Gasteiger partial charge in [-0.1, -0.05) is 19.1 Å². The summed E-state index contributed by atoms with van der Waals surface area (Å²) in [6, 6.07) is 3.24. The molecular weight excluding hydrogens is 578 g/mol. The zero-order valence-electron chi connectivity index (χ0n) is 25.3. The summed E-state index contributed by atoms with van der Waals surface area (Å²) in [5.74, 6) is -8.05. The zero-order valence-corrected chi connectivity index (χ0v) is 25.3. The molecule has 2 aliphatic carbocycles. The molecule has 5 N–H and O–H groups in total. The number of carbonyl (C=O) groups is 3. The van der Waals surface area contributed by atoms with E-state index < -0.39 is 87.8 Å². The number of aliphatic hydroxyl groups is 2. The fourth-order valence-corrected chi connectivity index (χ4v) is 6.93. The number of hydrogen-bond donors (Lipinski definition) is 5. The van der Waals surface area contributed by atoms with Gasteiger partial charge in [0.1, 0.15) is 29.3 Å². The van der Waals surface area contributed by atoms with Gasteiger partial charge in [0.05, 0.1) is 41.5 Å². The highest BCUT2D eigenvalue weighted by Crippen LogP contribution is 2.57. The van der Waals surface area contributed by atoms with Crippen LogP contribution in [0.2, 0.25) is 0 Å². The van der Waals surface area contributed by atoms with Crippen LogP contribution in [0.5, 0.6) is 17.2 Å². The number of rotatable bonds is 6. The van der Waals surface area contributed by atoms with Gasteiger partial charge in [0, 0.05) is 36.6 Å². The molecule has 0 spiro atoms. The van der Waals surface area contributed by atoms with Crippen LogP contribution >= 0.6 is 0 Å². The van der Waals surface area contributed by atoms with Gasteiger partial charge in [-0.05, 0) is 33.5 Å². The average molecular weight is 616 g/mol. The Morgan fingerprint density at radius 3 is 2.25 bits per heavy atom. The molecule has 7 atom stereocenters. The highest BCUT2D eigenvalue weighted by molar-refractivity contribution is 6.31. The number of phenolic OH excluding ortho intramolecular Hbond substituents is 3. The third-order valence-electron chi connectivity index (χ3n) is 9.33. The Labute approximate surface area is 253 Å². The lowest BCUT2D eigenvalue weighted by atomic mass is 9.66. The van der Waals surface area contributed by atoms with Crippen molar-refractivity contribution in [1.29, 1.82) is 0 Å². The molecule has 1 heterocycles. The van der Waals surface area contributed by atoms with E-state index in [2.05, 4.69) is 0 Å². The van der Waals surface area contributed by atoms with E-state index in [4.69, 9.17) is 18.9 Å². The molecular formula is C31H37NO12. The lowest BCUT2D eigenvalue weighted by Crippen LogP contribution is -2.64. The third-order valence-corrected chi connectivity index (χ3v) is 9.33. The largest absolute Gasteiger partial charge is 0.507 e. The normalized spacial score (nSPS) is 31.3. The van der Waals surface area contributed by atoms with Gasteiger partial charge in [0.2, 0.25) is 11.6 Å². The number of fused-ring (bicyclic) bond motifs is 3. The second kappa shape index (κ2) is 11.1. The molecule has 13 heteroatoms. The SMILES string of the molecule is CCC1(O)CC(O[C@H]2C[C@@H](N(C)C)[C@@](O)(OC)[C@H](C)O2)c2c(O)c3c(c(O)c2C1C(=O)OC)C(=O)c1cccc(O)c1C3=O. The lowest BCUT2D eigenvalue weighted by molar-refractivity contribution is -0.351. The summed E-state index contributed by atoms with van der Waals surface area (Å²) < 4.78 is 22.7. The van der Waals surface area contributed by atoms with Crippen LogP contribution in [0.25, 0.3) is 0 Å². The van der Waals surface area contributed by atoms with Gasteiger partial charge in [-0.25, -0.2) is 0 Å². The fraction of sp³-hybridized carbons (Fsp3) is 0.516. The van der Waals surface area contributed by atoms with Crippen LogP contribution in [0.15, 0.2) is 18.2 Å². The molecule has 3 unspecified atom stereocenters. The molecule has 0 aromatic heterocycles. The monoisotopic (exact) mass is 615 g/mol. The molecule has 5 rings (SSSR count). The van der Waals surface area contributed by atoms with Gasteiger partial charge >= 0.3 is 5.97 Å². The smallest absolute Gasteiger partial charge is 0.316 e. The van der Waals surface area contributed by atoms with Crippen molar-refractivity contribution < 1.29 is 58.9 Å². The number of aromatic hydroxyl groups is 3. The first-order valence-corrected chi connectivity index (χ1v) is 14.2. The molecule has 3 aliphatic rings. The molecule has 2 aromatic rings. The molecule has 1 aliphatic heterocycles. The first-order chi connectivity index (χ1) is 20.7. The Morgan fingerprint density at radius 1 is 1.02 bits per heavy atom. The minimum atomic E-state index is -1.89. The molecule has 1 saturated heterocycles. The van der Waals surface area contributed by atoms with Crippen molar-refractivity contribution in [3.8, 4) is 17.2 Å². The number of esters is 1. The van der Waals surface area contributed by atoms with Gasteiger partial charge in [-0.2, -0.15) is 0 Å². The van der Waals surface area contributed by atoms with E-state index in [1.807, 2.05) is 0 Å². The van der Waals surface area contributed by atoms with E-state index in [0.29, 0.717) is 0 Å². The molecule has 0 bridgehead atoms. The van der Waals surface area contributed by atoms with Crippen molar-refractivity contribution in [2.45, 2.75) is 75.0 Å². The quantitative estimate of drug-likeness (QED) is 0.153. The molecule has 1 fully saturated rings. The number of methoxy groups -OCH3 is 2. The maximum absolute atomic E-state index is 13.7. The van der Waals surface area contributed by atoms with Crippen molar-refractivity contribution in [3.05, 3.63) is 51.6 Å². The predicted molar refractivity (Wildman–Crippen MR) is 152 cm³/mol. The molecule has 13 nitrogen and oxygen atoms in total. The van der Waals surface area contributed by atoms with Crippen molar-refractivity contribution in [2.24, 2.45) is 0 Å². The summed E-state index contributed by atoms with van der Waals surface area (Å²) in [6.07, 6.45) is -3.51. The van der Waals surface area contributed by atoms with Gasteiger partial charge in [0.15, 0.2) is 12.1 Å². The Kier molecular flexibility index (Phi) is 8.02. The van der Waals surface area contributed by atoms with Crippen LogP contribution in [0.3, 0.4) is 0 Å². The van der Waals surface area contributed by atoms with E-state index in [-0.39, 0.29) is 41.5 Å². The third kappa shape index (κ3) is 4.49. The molecule has 2 aromatic carbocycles. The standard InChI is InChI=1S/C31H37NO12/c1-7-30(39)12-16(44-18-11-17(32(3)4)31(40,42-6)13(2)43-18)20-21(24(30)29(38)41-5)28(37)22-23(27(20)36)26(35)19-14(25(22)34)9-8-10-15(19)33/h8-10,13,16-18,24,33,36-37,39-40H,7,11-12H2,1-6H3/t13-,16?,17+,18-,24?,30?,31-/m0/s1. The predicted octanol–water partition coefficient (Wildman–Crippen LogP) is 1.84. The van der Waals surface area contributed by atoms with Crippen molar-refractivity contribution >= 4 is 17.5 Å². The number of hydrogen-bond acceptors (Lipinski definition) is 13. The summed E-state index contributed by atoms with van der Waals surface area (Å²) in [5, 5.41) is 56.9. The minimum Gasteiger partial charge on any atom is -0.507 e. The van der Waals surface area contributed by atoms with E-state index in [1.54, 1.807) is 32.8 Å². The topological polar surface area (TPSA) is 193 Å². The zero-order chi connectivity index (χ0) is 32.5. The van der Waals surface area contributed by atoms with Crippen molar-refractivity contribution in [2.75, 3.05) is 28.3 Å². The number of phenols is 3. The minimum absolute atomic E-state index is 0.0292. The summed E-state index contributed by atoms with van der Waals surface area (Å²) in [5.41, 5.74) is -4.12. The van der Waals surface area contributed by atoms with Crippen LogP contribution < -0.4 is 0 Å². The second-order valence-corrected chi connectivity index (χ2v) is 11.8. The Hall–Kier alpha value is -3.59. The maximum Gasteiger partial charge on any atom is 0.316 e. The van der Waals surface area contributed by atoms with Gasteiger partial charge < -0.3 is 49.4 Å². The summed E-state index contributed by atoms with van der Waals surface area (Å²) in [6.45, 7) is 3.20. The van der Waals surface area contributed by atoms with E-state index in [1.165, 1.54) is 25.3 Å². The molecule has 0 saturated carbocycles. The number of nitrogens with zero attached hydrogens (tertiary/aromatic N) is 1. The van der Waals surface area contributed by atoms with Crippen molar-refractivity contribution in [3.63, 3.8) is 0 Å². The molecule has 0 radical (unpaired) electrons. The van der Waals surface area contributed by atoms with Gasteiger partial charge in [0.25, 0.3) is 0 Å².